The number of nitrogens with one attached hydrogen (secondary N) is 3. The van der Waals surface area contributed by atoms with Gasteiger partial charge in [0.15, 0.2) is 0 Å². The number of H-pyrrole nitrogens is 1. The Morgan fingerprint density at radius 2 is 2.14 bits per heavy atom. The fraction of sp³-hybridized carbons (Fsp3) is 0.429. The van der Waals surface area contributed by atoms with Crippen LogP contribution in [0.1, 0.15) is 0 Å². The smallest absolute Gasteiger partial charge is 0.135 e. The summed E-state index contributed by atoms with van der Waals surface area (Å²) in [5, 5.41) is 1.95. The molecule has 0 aliphatic carbocycles. The Labute approximate surface area is 131 Å². The number of pyridine rings is 1. The molecule has 22 heavy (non-hydrogen) atoms. The topological polar surface area (TPSA) is 78.1 Å². The molecule has 7 nitrogen and oxygen atoms in total. The van der Waals surface area contributed by atoms with E-state index in [9.17, 15) is 0 Å². The summed E-state index contributed by atoms with van der Waals surface area (Å²) in [6.07, 6.45) is 5.22. The maximum Gasteiger partial charge on any atom is 0.135 e. The zero-order valence-electron chi connectivity index (χ0n) is 13.2. The number of hydrazine groups is 2. The molecule has 3 rings (SSSR count). The van der Waals surface area contributed by atoms with Crippen molar-refractivity contribution in [2.24, 2.45) is 0 Å². The second-order valence-electron chi connectivity index (χ2n) is 6.56. The van der Waals surface area contributed by atoms with Gasteiger partial charge in [-0.05, 0) is 12.1 Å². The van der Waals surface area contributed by atoms with Crippen LogP contribution in [0.4, 0.5) is 11.4 Å². The summed E-state index contributed by atoms with van der Waals surface area (Å²) in [6.45, 7) is 8.34. The Balaban J connectivity index is 1.64. The van der Waals surface area contributed by atoms with E-state index in [2.05, 4.69) is 45.6 Å². The van der Waals surface area contributed by atoms with Gasteiger partial charge in [0.2, 0.25) is 0 Å². The minimum atomic E-state index is -1.05. The third-order valence-corrected chi connectivity index (χ3v) is 5.19. The van der Waals surface area contributed by atoms with Gasteiger partial charge in [-0.1, -0.05) is 19.6 Å². The first-order valence-corrected chi connectivity index (χ1v) is 11.1. The van der Waals surface area contributed by atoms with E-state index in [1.807, 2.05) is 11.1 Å². The number of aromatic amines is 1. The van der Waals surface area contributed by atoms with E-state index in [0.717, 1.165) is 35.4 Å². The van der Waals surface area contributed by atoms with Gasteiger partial charge in [-0.15, -0.1) is 5.53 Å². The second kappa shape index (κ2) is 6.07. The highest BCUT2D eigenvalue weighted by atomic mass is 28.3. The summed E-state index contributed by atoms with van der Waals surface area (Å²) in [7, 11) is -1.05. The van der Waals surface area contributed by atoms with E-state index in [1.165, 1.54) is 0 Å². The van der Waals surface area contributed by atoms with Crippen molar-refractivity contribution in [3.63, 3.8) is 0 Å². The molecule has 0 fully saturated rings. The number of nitrogens with zero attached hydrogens (tertiary/aromatic N) is 3. The molecule has 0 saturated heterocycles. The number of hydrogen-bond acceptors (Lipinski definition) is 6. The maximum absolute atomic E-state index is 5.80. The van der Waals surface area contributed by atoms with E-state index in [-0.39, 0.29) is 0 Å². The molecule has 0 unspecified atom stereocenters. The van der Waals surface area contributed by atoms with Crippen molar-refractivity contribution in [2.75, 3.05) is 23.8 Å². The van der Waals surface area contributed by atoms with E-state index >= 15 is 0 Å². The van der Waals surface area contributed by atoms with Crippen LogP contribution in [0.2, 0.25) is 25.7 Å². The molecular weight excluding hydrogens is 296 g/mol. The first-order valence-electron chi connectivity index (χ1n) is 7.39. The molecule has 0 bridgehead atoms. The minimum Gasteiger partial charge on any atom is -0.360 e. The fourth-order valence-electron chi connectivity index (χ4n) is 2.13. The third kappa shape index (κ3) is 3.46. The van der Waals surface area contributed by atoms with Crippen LogP contribution >= 0.6 is 0 Å². The lowest BCUT2D eigenvalue weighted by molar-refractivity contribution is 0.142. The summed E-state index contributed by atoms with van der Waals surface area (Å²) in [5.74, 6) is 0. The average molecular weight is 318 g/mol. The molecule has 8 heteroatoms. The number of anilines is 2. The molecule has 3 heterocycles. The monoisotopic (exact) mass is 318 g/mol. The van der Waals surface area contributed by atoms with Crippen molar-refractivity contribution >= 4 is 19.4 Å². The van der Waals surface area contributed by atoms with Crippen molar-refractivity contribution < 1.29 is 4.74 Å². The van der Waals surface area contributed by atoms with Crippen LogP contribution < -0.4 is 16.0 Å². The Hall–Kier alpha value is -1.90. The Morgan fingerprint density at radius 3 is 2.86 bits per heavy atom. The number of imidazole rings is 1. The number of ether oxygens (including phenoxy) is 1. The van der Waals surface area contributed by atoms with Gasteiger partial charge in [0.05, 0.1) is 41.5 Å². The first kappa shape index (κ1) is 15.0. The lowest BCUT2D eigenvalue weighted by atomic mass is 10.2. The second-order valence-corrected chi connectivity index (χ2v) is 12.2. The van der Waals surface area contributed by atoms with Gasteiger partial charge in [-0.25, -0.2) is 4.98 Å². The van der Waals surface area contributed by atoms with E-state index in [4.69, 9.17) is 4.74 Å². The SMILES string of the molecule is C[Si](C)(C)CCOCN1NNc2cnc(-c3cnc[nH]3)cc21. The molecule has 0 atom stereocenters. The summed E-state index contributed by atoms with van der Waals surface area (Å²) >= 11 is 0. The molecule has 3 N–H and O–H groups in total. The number of fused-ring (bicyclic) bond motifs is 1. The van der Waals surface area contributed by atoms with Crippen molar-refractivity contribution in [3.05, 3.63) is 24.8 Å². The van der Waals surface area contributed by atoms with Gasteiger partial charge in [0.1, 0.15) is 6.73 Å². The average Bonchev–Trinajstić information content (AvgIpc) is 3.12. The molecule has 0 spiro atoms. The van der Waals surface area contributed by atoms with Crippen LogP contribution in [0.3, 0.4) is 0 Å². The zero-order chi connectivity index (χ0) is 15.6. The summed E-state index contributed by atoms with van der Waals surface area (Å²) in [4.78, 5) is 11.5. The summed E-state index contributed by atoms with van der Waals surface area (Å²) in [6, 6.07) is 3.18. The lowest BCUT2D eigenvalue weighted by Gasteiger charge is -2.20. The maximum atomic E-state index is 5.80. The summed E-state index contributed by atoms with van der Waals surface area (Å²) in [5.41, 5.74) is 9.91. The van der Waals surface area contributed by atoms with Crippen LogP contribution in [0, 0.1) is 0 Å². The van der Waals surface area contributed by atoms with Gasteiger partial charge in [0.25, 0.3) is 0 Å². The first-order chi connectivity index (χ1) is 10.5. The van der Waals surface area contributed by atoms with E-state index in [0.29, 0.717) is 6.73 Å². The van der Waals surface area contributed by atoms with Crippen molar-refractivity contribution in [1.82, 2.24) is 20.5 Å². The van der Waals surface area contributed by atoms with E-state index in [1.54, 1.807) is 18.7 Å². The number of rotatable bonds is 6. The van der Waals surface area contributed by atoms with Crippen molar-refractivity contribution in [2.45, 2.75) is 25.7 Å². The van der Waals surface area contributed by atoms with Crippen molar-refractivity contribution in [3.8, 4) is 11.4 Å². The van der Waals surface area contributed by atoms with Crippen LogP contribution in [0.15, 0.2) is 24.8 Å². The molecule has 0 saturated carbocycles. The molecule has 118 valence electrons. The molecule has 0 aromatic carbocycles. The molecule has 2 aromatic rings. The minimum absolute atomic E-state index is 0.497. The van der Waals surface area contributed by atoms with Gasteiger partial charge in [-0.2, -0.15) is 0 Å². The highest BCUT2D eigenvalue weighted by molar-refractivity contribution is 6.76. The normalized spacial score (nSPS) is 14.0. The predicted molar refractivity (Wildman–Crippen MR) is 90.0 cm³/mol. The number of hydrogen-bond donors (Lipinski definition) is 3. The van der Waals surface area contributed by atoms with Crippen LogP contribution in [-0.4, -0.2) is 36.4 Å². The van der Waals surface area contributed by atoms with Crippen LogP contribution in [-0.2, 0) is 4.74 Å². The van der Waals surface area contributed by atoms with Gasteiger partial charge in [-0.3, -0.25) is 9.99 Å². The highest BCUT2D eigenvalue weighted by Crippen LogP contribution is 2.31. The highest BCUT2D eigenvalue weighted by Gasteiger charge is 2.20. The van der Waals surface area contributed by atoms with E-state index < -0.39 is 8.07 Å². The molecule has 1 aliphatic heterocycles. The third-order valence-electron chi connectivity index (χ3n) is 3.49. The quantitative estimate of drug-likeness (QED) is 0.561. The van der Waals surface area contributed by atoms with Gasteiger partial charge >= 0.3 is 0 Å². The fourth-order valence-corrected chi connectivity index (χ4v) is 2.89. The Bertz CT molecular complexity index is 625. The molecule has 0 amide bonds. The molecule has 2 aromatic heterocycles. The van der Waals surface area contributed by atoms with Crippen molar-refractivity contribution in [1.29, 1.82) is 0 Å². The van der Waals surface area contributed by atoms with Crippen LogP contribution in [0.25, 0.3) is 11.4 Å². The molecule has 0 radical (unpaired) electrons. The predicted octanol–water partition coefficient (Wildman–Crippen LogP) is 2.44. The number of aromatic nitrogens is 3. The zero-order valence-corrected chi connectivity index (χ0v) is 14.2. The van der Waals surface area contributed by atoms with Gasteiger partial charge in [0, 0.05) is 14.7 Å². The molecule has 1 aliphatic rings. The lowest BCUT2D eigenvalue weighted by Crippen LogP contribution is -2.38. The largest absolute Gasteiger partial charge is 0.360 e. The van der Waals surface area contributed by atoms with Gasteiger partial charge < -0.3 is 15.1 Å². The van der Waals surface area contributed by atoms with Crippen LogP contribution in [0.5, 0.6) is 0 Å². The Morgan fingerprint density at radius 1 is 1.27 bits per heavy atom. The molecular formula is C14H22N6OSi. The Kier molecular flexibility index (Phi) is 4.14. The summed E-state index contributed by atoms with van der Waals surface area (Å²) < 4.78 is 5.80. The standard InChI is InChI=1S/C14H22N6OSi/c1-22(2,3)5-4-21-10-20-14-6-11(12-7-15-9-17-12)16-8-13(14)18-19-20/h6-9,18-19H,4-5,10H2,1-3H3,(H,15,17).